The van der Waals surface area contributed by atoms with Crippen molar-refractivity contribution in [2.45, 2.75) is 40.5 Å². The van der Waals surface area contributed by atoms with E-state index in [1.165, 1.54) is 6.92 Å². The van der Waals surface area contributed by atoms with Gasteiger partial charge >= 0.3 is 0 Å². The van der Waals surface area contributed by atoms with Gasteiger partial charge in [-0.1, -0.05) is 19.9 Å². The molecule has 3 unspecified atom stereocenters. The molecule has 0 heterocycles. The lowest BCUT2D eigenvalue weighted by Crippen LogP contribution is -2.45. The third-order valence-corrected chi connectivity index (χ3v) is 4.60. The molecular weight excluding hydrogens is 200 g/mol. The van der Waals surface area contributed by atoms with Crippen molar-refractivity contribution in [1.29, 1.82) is 0 Å². The van der Waals surface area contributed by atoms with Gasteiger partial charge in [-0.2, -0.15) is 0 Å². The summed E-state index contributed by atoms with van der Waals surface area (Å²) < 4.78 is 0. The first-order chi connectivity index (χ1) is 7.28. The van der Waals surface area contributed by atoms with Crippen LogP contribution in [-0.4, -0.2) is 11.6 Å². The lowest BCUT2D eigenvalue weighted by atomic mass is 9.58. The van der Waals surface area contributed by atoms with E-state index < -0.39 is 5.41 Å². The van der Waals surface area contributed by atoms with E-state index in [9.17, 15) is 9.59 Å². The fraction of sp³-hybridized carbons (Fsp3) is 0.714. The molecule has 2 rings (SSSR count). The van der Waals surface area contributed by atoms with E-state index >= 15 is 0 Å². The molecule has 0 radical (unpaired) electrons. The highest BCUT2D eigenvalue weighted by Gasteiger charge is 2.60. The second kappa shape index (κ2) is 3.28. The van der Waals surface area contributed by atoms with E-state index in [2.05, 4.69) is 13.8 Å². The van der Waals surface area contributed by atoms with Crippen LogP contribution in [0.1, 0.15) is 40.5 Å². The third kappa shape index (κ3) is 1.55. The number of carbonyl (C=O) groups is 2. The number of allylic oxidation sites excluding steroid dienone is 2. The van der Waals surface area contributed by atoms with Crippen molar-refractivity contribution < 1.29 is 9.59 Å². The first kappa shape index (κ1) is 11.6. The Bertz CT molecular complexity index is 378. The van der Waals surface area contributed by atoms with Crippen molar-refractivity contribution in [3.8, 4) is 0 Å². The number of hydrogen-bond acceptors (Lipinski definition) is 2. The van der Waals surface area contributed by atoms with Gasteiger partial charge in [0.25, 0.3) is 0 Å². The quantitative estimate of drug-likeness (QED) is 0.671. The van der Waals surface area contributed by atoms with Crippen LogP contribution in [0, 0.1) is 22.7 Å². The van der Waals surface area contributed by atoms with Gasteiger partial charge in [-0.25, -0.2) is 0 Å². The minimum absolute atomic E-state index is 0.0164. The molecule has 3 atom stereocenters. The standard InChI is InChI=1S/C14H20O2/c1-9(15)5-6-14(4)12(16)11-7-10(11)8-13(14,2)3/h5-6,10-11H,7-8H2,1-4H3. The first-order valence-electron chi connectivity index (χ1n) is 6.02. The summed E-state index contributed by atoms with van der Waals surface area (Å²) in [5, 5.41) is 0. The zero-order valence-electron chi connectivity index (χ0n) is 10.5. The van der Waals surface area contributed by atoms with E-state index in [-0.39, 0.29) is 17.1 Å². The second-order valence-corrected chi connectivity index (χ2v) is 6.20. The fourth-order valence-electron chi connectivity index (χ4n) is 2.97. The SMILES string of the molecule is CC(=O)C=CC1(C)C(=O)C2CC2CC1(C)C. The predicted molar refractivity (Wildman–Crippen MR) is 62.9 cm³/mol. The lowest BCUT2D eigenvalue weighted by Gasteiger charge is -2.44. The average Bonchev–Trinajstić information content (AvgIpc) is 2.89. The molecule has 2 aliphatic rings. The highest BCUT2D eigenvalue weighted by atomic mass is 16.1. The topological polar surface area (TPSA) is 34.1 Å². The Labute approximate surface area is 97.1 Å². The molecule has 0 aromatic carbocycles. The van der Waals surface area contributed by atoms with Crippen molar-refractivity contribution >= 4 is 11.6 Å². The molecule has 16 heavy (non-hydrogen) atoms. The van der Waals surface area contributed by atoms with E-state index in [0.717, 1.165) is 12.8 Å². The molecule has 2 nitrogen and oxygen atoms in total. The molecule has 0 aromatic heterocycles. The number of ketones is 2. The molecular formula is C14H20O2. The van der Waals surface area contributed by atoms with Crippen LogP contribution in [0.5, 0.6) is 0 Å². The first-order valence-corrected chi connectivity index (χ1v) is 6.02. The highest BCUT2D eigenvalue weighted by molar-refractivity contribution is 5.94. The number of rotatable bonds is 2. The van der Waals surface area contributed by atoms with E-state index in [1.54, 1.807) is 6.08 Å². The lowest BCUT2D eigenvalue weighted by molar-refractivity contribution is -0.135. The summed E-state index contributed by atoms with van der Waals surface area (Å²) in [4.78, 5) is 23.4. The maximum Gasteiger partial charge on any atom is 0.152 e. The van der Waals surface area contributed by atoms with E-state index in [1.807, 2.05) is 13.0 Å². The van der Waals surface area contributed by atoms with E-state index in [4.69, 9.17) is 0 Å². The normalized spacial score (nSPS) is 40.9. The molecule has 0 bridgehead atoms. The molecule has 0 saturated heterocycles. The summed E-state index contributed by atoms with van der Waals surface area (Å²) in [5.41, 5.74) is -0.496. The van der Waals surface area contributed by atoms with Crippen LogP contribution < -0.4 is 0 Å². The monoisotopic (exact) mass is 220 g/mol. The van der Waals surface area contributed by atoms with Gasteiger partial charge in [-0.15, -0.1) is 0 Å². The Morgan fingerprint density at radius 2 is 2.00 bits per heavy atom. The summed E-state index contributed by atoms with van der Waals surface area (Å²) in [7, 11) is 0. The molecule has 88 valence electrons. The Kier molecular flexibility index (Phi) is 2.37. The van der Waals surface area contributed by atoms with Gasteiger partial charge in [0.1, 0.15) is 5.78 Å². The number of fused-ring (bicyclic) bond motifs is 1. The molecule has 2 aliphatic carbocycles. The van der Waals surface area contributed by atoms with E-state index in [0.29, 0.717) is 11.7 Å². The van der Waals surface area contributed by atoms with Gasteiger partial charge in [0.2, 0.25) is 0 Å². The molecule has 0 aliphatic heterocycles. The van der Waals surface area contributed by atoms with Gasteiger partial charge in [0, 0.05) is 11.3 Å². The van der Waals surface area contributed by atoms with Crippen LogP contribution in [0.25, 0.3) is 0 Å². The Hall–Kier alpha value is -0.920. The van der Waals surface area contributed by atoms with Gasteiger partial charge in [0.05, 0.1) is 0 Å². The largest absolute Gasteiger partial charge is 0.298 e. The number of hydrogen-bond donors (Lipinski definition) is 0. The maximum absolute atomic E-state index is 12.4. The fourth-order valence-corrected chi connectivity index (χ4v) is 2.97. The van der Waals surface area contributed by atoms with Crippen molar-refractivity contribution in [2.24, 2.45) is 22.7 Å². The van der Waals surface area contributed by atoms with Gasteiger partial charge in [-0.3, -0.25) is 9.59 Å². The molecule has 2 heteroatoms. The van der Waals surface area contributed by atoms with Crippen LogP contribution in [0.15, 0.2) is 12.2 Å². The summed E-state index contributed by atoms with van der Waals surface area (Å²) in [6.07, 6.45) is 5.56. The molecule has 0 spiro atoms. The van der Waals surface area contributed by atoms with Crippen molar-refractivity contribution in [2.75, 3.05) is 0 Å². The smallest absolute Gasteiger partial charge is 0.152 e. The van der Waals surface area contributed by atoms with Crippen molar-refractivity contribution in [3.63, 3.8) is 0 Å². The van der Waals surface area contributed by atoms with Gasteiger partial charge < -0.3 is 0 Å². The summed E-state index contributed by atoms with van der Waals surface area (Å²) in [6.45, 7) is 7.80. The summed E-state index contributed by atoms with van der Waals surface area (Å²) >= 11 is 0. The zero-order chi connectivity index (χ0) is 12.1. The molecule has 2 fully saturated rings. The number of carbonyl (C=O) groups excluding carboxylic acids is 2. The molecule has 0 amide bonds. The molecule has 0 aromatic rings. The Balaban J connectivity index is 2.34. The predicted octanol–water partition coefficient (Wildman–Crippen LogP) is 2.77. The Morgan fingerprint density at radius 1 is 1.38 bits per heavy atom. The van der Waals surface area contributed by atoms with Crippen molar-refractivity contribution in [3.05, 3.63) is 12.2 Å². The van der Waals surface area contributed by atoms with Crippen LogP contribution in [-0.2, 0) is 9.59 Å². The van der Waals surface area contributed by atoms with Crippen LogP contribution in [0.2, 0.25) is 0 Å². The minimum atomic E-state index is -0.462. The molecule has 2 saturated carbocycles. The van der Waals surface area contributed by atoms with Gasteiger partial charge in [0.15, 0.2) is 5.78 Å². The summed E-state index contributed by atoms with van der Waals surface area (Å²) in [6, 6.07) is 0. The van der Waals surface area contributed by atoms with Crippen LogP contribution in [0.3, 0.4) is 0 Å². The summed E-state index contributed by atoms with van der Waals surface area (Å²) in [5.74, 6) is 1.24. The van der Waals surface area contributed by atoms with Crippen molar-refractivity contribution in [1.82, 2.24) is 0 Å². The van der Waals surface area contributed by atoms with Gasteiger partial charge in [-0.05, 0) is 44.1 Å². The maximum atomic E-state index is 12.4. The van der Waals surface area contributed by atoms with Crippen LogP contribution >= 0.6 is 0 Å². The highest BCUT2D eigenvalue weighted by Crippen LogP contribution is 2.61. The average molecular weight is 220 g/mol. The molecule has 0 N–H and O–H groups in total. The zero-order valence-corrected chi connectivity index (χ0v) is 10.5. The number of Topliss-reactive ketones (excluding diaryl/α,β-unsaturated/α-hetero) is 1. The third-order valence-electron chi connectivity index (χ3n) is 4.60. The Morgan fingerprint density at radius 3 is 2.56 bits per heavy atom. The minimum Gasteiger partial charge on any atom is -0.298 e. The second-order valence-electron chi connectivity index (χ2n) is 6.20. The van der Waals surface area contributed by atoms with Crippen LogP contribution in [0.4, 0.5) is 0 Å².